The van der Waals surface area contributed by atoms with Gasteiger partial charge >= 0.3 is 0 Å². The quantitative estimate of drug-likeness (QED) is 0.884. The van der Waals surface area contributed by atoms with E-state index in [2.05, 4.69) is 37.7 Å². The van der Waals surface area contributed by atoms with Crippen molar-refractivity contribution in [3.05, 3.63) is 17.0 Å². The van der Waals surface area contributed by atoms with E-state index in [-0.39, 0.29) is 0 Å². The van der Waals surface area contributed by atoms with Crippen LogP contribution in [0.15, 0.2) is 17.0 Å². The van der Waals surface area contributed by atoms with Gasteiger partial charge in [0.25, 0.3) is 0 Å². The highest BCUT2D eigenvalue weighted by Crippen LogP contribution is 2.21. The van der Waals surface area contributed by atoms with Gasteiger partial charge in [-0.15, -0.1) is 0 Å². The summed E-state index contributed by atoms with van der Waals surface area (Å²) in [7, 11) is 2.00. The van der Waals surface area contributed by atoms with Crippen molar-refractivity contribution in [2.45, 2.75) is 6.92 Å². The predicted molar refractivity (Wildman–Crippen MR) is 61.2 cm³/mol. The Bertz CT molecular complexity index is 292. The van der Waals surface area contributed by atoms with Crippen LogP contribution in [-0.2, 0) is 0 Å². The average Bonchev–Trinajstić information content (AvgIpc) is 2.18. The van der Waals surface area contributed by atoms with Gasteiger partial charge < -0.3 is 10.6 Å². The van der Waals surface area contributed by atoms with Gasteiger partial charge in [-0.2, -0.15) is 0 Å². The molecular weight excluding hydrogens is 244 g/mol. The minimum Gasteiger partial charge on any atom is -0.358 e. The lowest BCUT2D eigenvalue weighted by molar-refractivity contribution is 0.587. The zero-order valence-corrected chi connectivity index (χ0v) is 10.0. The first kappa shape index (κ1) is 11.4. The second-order valence-electron chi connectivity index (χ2n) is 3.42. The lowest BCUT2D eigenvalue weighted by Crippen LogP contribution is -2.29. The van der Waals surface area contributed by atoms with Crippen LogP contribution in [0.5, 0.6) is 0 Å². The Morgan fingerprint density at radius 3 is 2.93 bits per heavy atom. The molecule has 0 aliphatic carbocycles. The maximum atomic E-state index is 5.57. The van der Waals surface area contributed by atoms with Crippen LogP contribution in [0.4, 0.5) is 5.82 Å². The summed E-state index contributed by atoms with van der Waals surface area (Å²) in [4.78, 5) is 10.2. The van der Waals surface area contributed by atoms with Crippen LogP contribution in [0.1, 0.15) is 6.92 Å². The van der Waals surface area contributed by atoms with Gasteiger partial charge in [0.2, 0.25) is 0 Å². The molecule has 1 atom stereocenters. The maximum Gasteiger partial charge on any atom is 0.146 e. The average molecular weight is 259 g/mol. The Morgan fingerprint density at radius 2 is 2.36 bits per heavy atom. The summed E-state index contributed by atoms with van der Waals surface area (Å²) in [5, 5.41) is 0. The third-order valence-corrected chi connectivity index (χ3v) is 2.56. The zero-order chi connectivity index (χ0) is 10.6. The molecule has 1 unspecified atom stereocenters. The normalized spacial score (nSPS) is 12.6. The van der Waals surface area contributed by atoms with Crippen molar-refractivity contribution in [1.29, 1.82) is 0 Å². The molecule has 2 N–H and O–H groups in total. The minimum absolute atomic E-state index is 0.460. The van der Waals surface area contributed by atoms with E-state index in [1.807, 2.05) is 7.05 Å². The van der Waals surface area contributed by atoms with Gasteiger partial charge in [0, 0.05) is 19.8 Å². The Morgan fingerprint density at radius 1 is 1.64 bits per heavy atom. The molecule has 1 aromatic heterocycles. The van der Waals surface area contributed by atoms with E-state index in [9.17, 15) is 0 Å². The van der Waals surface area contributed by atoms with Gasteiger partial charge in [-0.1, -0.05) is 6.92 Å². The number of aromatic nitrogens is 2. The molecule has 0 amide bonds. The minimum atomic E-state index is 0.460. The number of anilines is 1. The molecule has 5 heteroatoms. The molecule has 14 heavy (non-hydrogen) atoms. The van der Waals surface area contributed by atoms with E-state index in [0.717, 1.165) is 16.8 Å². The van der Waals surface area contributed by atoms with Crippen molar-refractivity contribution in [2.75, 3.05) is 25.0 Å². The van der Waals surface area contributed by atoms with Crippen LogP contribution < -0.4 is 10.6 Å². The molecule has 0 bridgehead atoms. The van der Waals surface area contributed by atoms with Crippen LogP contribution >= 0.6 is 15.9 Å². The van der Waals surface area contributed by atoms with Crippen LogP contribution in [-0.4, -0.2) is 30.1 Å². The number of halogens is 1. The van der Waals surface area contributed by atoms with Crippen LogP contribution in [0.3, 0.4) is 0 Å². The highest BCUT2D eigenvalue weighted by molar-refractivity contribution is 9.10. The van der Waals surface area contributed by atoms with Gasteiger partial charge in [0.05, 0.1) is 4.47 Å². The van der Waals surface area contributed by atoms with Gasteiger partial charge in [-0.05, 0) is 28.4 Å². The second kappa shape index (κ2) is 5.26. The SMILES string of the molecule is CC(CN)CN(C)c1ncncc1Br. The zero-order valence-electron chi connectivity index (χ0n) is 8.44. The first-order chi connectivity index (χ1) is 6.65. The summed E-state index contributed by atoms with van der Waals surface area (Å²) in [6.07, 6.45) is 3.29. The van der Waals surface area contributed by atoms with Crippen molar-refractivity contribution in [3.8, 4) is 0 Å². The van der Waals surface area contributed by atoms with Crippen molar-refractivity contribution < 1.29 is 0 Å². The summed E-state index contributed by atoms with van der Waals surface area (Å²) < 4.78 is 0.909. The molecule has 78 valence electrons. The molecule has 0 fully saturated rings. The fourth-order valence-corrected chi connectivity index (χ4v) is 1.74. The summed E-state index contributed by atoms with van der Waals surface area (Å²) in [6, 6.07) is 0. The summed E-state index contributed by atoms with van der Waals surface area (Å²) in [6.45, 7) is 3.70. The number of rotatable bonds is 4. The summed E-state index contributed by atoms with van der Waals surface area (Å²) in [5.41, 5.74) is 5.57. The standard InChI is InChI=1S/C9H15BrN4/c1-7(3-11)5-14(2)9-8(10)4-12-6-13-9/h4,6-7H,3,5,11H2,1-2H3. The molecule has 4 nitrogen and oxygen atoms in total. The second-order valence-corrected chi connectivity index (χ2v) is 4.27. The molecule has 0 spiro atoms. The first-order valence-corrected chi connectivity index (χ1v) is 5.31. The molecule has 1 heterocycles. The Labute approximate surface area is 92.7 Å². The highest BCUT2D eigenvalue weighted by Gasteiger charge is 2.09. The first-order valence-electron chi connectivity index (χ1n) is 4.52. The van der Waals surface area contributed by atoms with E-state index in [0.29, 0.717) is 12.5 Å². The van der Waals surface area contributed by atoms with Crippen molar-refractivity contribution in [1.82, 2.24) is 9.97 Å². The van der Waals surface area contributed by atoms with Gasteiger partial charge in [0.1, 0.15) is 12.1 Å². The fraction of sp³-hybridized carbons (Fsp3) is 0.556. The molecule has 0 aliphatic rings. The Balaban J connectivity index is 2.69. The Kier molecular flexibility index (Phi) is 4.28. The topological polar surface area (TPSA) is 55.0 Å². The van der Waals surface area contributed by atoms with E-state index in [4.69, 9.17) is 5.73 Å². The molecule has 0 radical (unpaired) electrons. The predicted octanol–water partition coefficient (Wildman–Crippen LogP) is 1.27. The van der Waals surface area contributed by atoms with E-state index in [1.54, 1.807) is 12.5 Å². The number of hydrogen-bond donors (Lipinski definition) is 1. The molecule has 0 aliphatic heterocycles. The third-order valence-electron chi connectivity index (χ3n) is 2.00. The van der Waals surface area contributed by atoms with Gasteiger partial charge in [-0.25, -0.2) is 9.97 Å². The third kappa shape index (κ3) is 2.92. The number of nitrogens with two attached hydrogens (primary N) is 1. The molecule has 1 rings (SSSR count). The molecule has 0 saturated heterocycles. The molecule has 1 aromatic rings. The molecule has 0 saturated carbocycles. The van der Waals surface area contributed by atoms with E-state index in [1.165, 1.54) is 0 Å². The summed E-state index contributed by atoms with van der Waals surface area (Å²) >= 11 is 3.41. The Hall–Kier alpha value is -0.680. The van der Waals surface area contributed by atoms with Crippen molar-refractivity contribution in [3.63, 3.8) is 0 Å². The van der Waals surface area contributed by atoms with Crippen molar-refractivity contribution in [2.24, 2.45) is 11.7 Å². The number of nitrogens with zero attached hydrogens (tertiary/aromatic N) is 3. The smallest absolute Gasteiger partial charge is 0.146 e. The van der Waals surface area contributed by atoms with Crippen LogP contribution in [0.25, 0.3) is 0 Å². The lowest BCUT2D eigenvalue weighted by atomic mass is 10.2. The summed E-state index contributed by atoms with van der Waals surface area (Å²) in [5.74, 6) is 1.36. The van der Waals surface area contributed by atoms with Gasteiger partial charge in [0.15, 0.2) is 0 Å². The maximum absolute atomic E-state index is 5.57. The monoisotopic (exact) mass is 258 g/mol. The lowest BCUT2D eigenvalue weighted by Gasteiger charge is -2.22. The largest absolute Gasteiger partial charge is 0.358 e. The molecule has 0 aromatic carbocycles. The van der Waals surface area contributed by atoms with E-state index >= 15 is 0 Å². The van der Waals surface area contributed by atoms with Crippen molar-refractivity contribution >= 4 is 21.7 Å². The molecular formula is C9H15BrN4. The highest BCUT2D eigenvalue weighted by atomic mass is 79.9. The number of hydrogen-bond acceptors (Lipinski definition) is 4. The van der Waals surface area contributed by atoms with E-state index < -0.39 is 0 Å². The van der Waals surface area contributed by atoms with Crippen LogP contribution in [0, 0.1) is 5.92 Å². The van der Waals surface area contributed by atoms with Gasteiger partial charge in [-0.3, -0.25) is 0 Å². The fourth-order valence-electron chi connectivity index (χ4n) is 1.22. The van der Waals surface area contributed by atoms with Crippen LogP contribution in [0.2, 0.25) is 0 Å².